The van der Waals surface area contributed by atoms with E-state index < -0.39 is 10.5 Å². The monoisotopic (exact) mass is 315 g/mol. The van der Waals surface area contributed by atoms with Crippen LogP contribution < -0.4 is 5.63 Å². The van der Waals surface area contributed by atoms with Crippen LogP contribution >= 0.6 is 0 Å². The molecule has 0 radical (unpaired) electrons. The third-order valence-electron chi connectivity index (χ3n) is 3.66. The first-order valence-corrected chi connectivity index (χ1v) is 6.81. The molecule has 0 saturated heterocycles. The summed E-state index contributed by atoms with van der Waals surface area (Å²) >= 11 is 0. The van der Waals surface area contributed by atoms with E-state index in [4.69, 9.17) is 4.42 Å². The summed E-state index contributed by atoms with van der Waals surface area (Å²) in [5, 5.41) is 25.4. The van der Waals surface area contributed by atoms with Gasteiger partial charge in [-0.3, -0.25) is 14.8 Å². The molecule has 0 spiro atoms. The lowest BCUT2D eigenvalue weighted by Crippen LogP contribution is -2.08. The second kappa shape index (κ2) is 5.24. The van der Waals surface area contributed by atoms with E-state index in [0.717, 1.165) is 0 Å². The van der Waals surface area contributed by atoms with Crippen LogP contribution in [0.1, 0.15) is 17.0 Å². The molecule has 8 heteroatoms. The first-order valence-electron chi connectivity index (χ1n) is 6.81. The number of aromatic nitrogens is 2. The van der Waals surface area contributed by atoms with Gasteiger partial charge in [-0.05, 0) is 31.5 Å². The zero-order chi connectivity index (χ0) is 16.7. The molecule has 0 aliphatic heterocycles. The van der Waals surface area contributed by atoms with E-state index in [1.54, 1.807) is 19.9 Å². The van der Waals surface area contributed by atoms with E-state index in [0.29, 0.717) is 22.3 Å². The van der Waals surface area contributed by atoms with Gasteiger partial charge in [0.15, 0.2) is 0 Å². The first kappa shape index (κ1) is 14.8. The van der Waals surface area contributed by atoms with Gasteiger partial charge in [0.25, 0.3) is 0 Å². The predicted molar refractivity (Wildman–Crippen MR) is 81.6 cm³/mol. The molecule has 0 atom stereocenters. The van der Waals surface area contributed by atoms with Crippen LogP contribution in [0, 0.1) is 24.0 Å². The zero-order valence-corrected chi connectivity index (χ0v) is 12.4. The van der Waals surface area contributed by atoms with Crippen LogP contribution in [0.3, 0.4) is 0 Å². The summed E-state index contributed by atoms with van der Waals surface area (Å²) in [4.78, 5) is 22.3. The summed E-state index contributed by atoms with van der Waals surface area (Å²) in [6.45, 7) is 3.36. The Morgan fingerprint density at radius 1 is 1.35 bits per heavy atom. The smallest absolute Gasteiger partial charge is 0.336 e. The molecule has 8 nitrogen and oxygen atoms in total. The van der Waals surface area contributed by atoms with Crippen LogP contribution in [0.15, 0.2) is 33.5 Å². The Morgan fingerprint density at radius 2 is 2.09 bits per heavy atom. The number of aryl methyl sites for hydroxylation is 1. The van der Waals surface area contributed by atoms with Crippen molar-refractivity contribution in [3.63, 3.8) is 0 Å². The number of phenolic OH excluding ortho intramolecular Hbond substituents is 1. The number of rotatable bonds is 3. The van der Waals surface area contributed by atoms with Gasteiger partial charge in [-0.1, -0.05) is 0 Å². The highest BCUT2D eigenvalue weighted by atomic mass is 16.6. The van der Waals surface area contributed by atoms with Gasteiger partial charge in [0, 0.05) is 17.5 Å². The van der Waals surface area contributed by atoms with E-state index in [-0.39, 0.29) is 23.6 Å². The Hall–Kier alpha value is -3.16. The summed E-state index contributed by atoms with van der Waals surface area (Å²) in [5.41, 5.74) is 0.995. The third-order valence-corrected chi connectivity index (χ3v) is 3.66. The average molecular weight is 315 g/mol. The van der Waals surface area contributed by atoms with Gasteiger partial charge >= 0.3 is 11.3 Å². The van der Waals surface area contributed by atoms with Gasteiger partial charge in [0.2, 0.25) is 0 Å². The van der Waals surface area contributed by atoms with Crippen molar-refractivity contribution >= 4 is 16.7 Å². The van der Waals surface area contributed by atoms with Crippen molar-refractivity contribution in [1.29, 1.82) is 0 Å². The minimum absolute atomic E-state index is 0.0143. The number of phenols is 1. The maximum absolute atomic E-state index is 11.7. The fourth-order valence-corrected chi connectivity index (χ4v) is 2.62. The Bertz CT molecular complexity index is 987. The number of hydrogen-bond donors (Lipinski definition) is 1. The summed E-state index contributed by atoms with van der Waals surface area (Å²) < 4.78 is 6.55. The van der Waals surface area contributed by atoms with Crippen molar-refractivity contribution < 1.29 is 14.4 Å². The van der Waals surface area contributed by atoms with Gasteiger partial charge in [-0.15, -0.1) is 0 Å². The Balaban J connectivity index is 2.14. The maximum Gasteiger partial charge on any atom is 0.336 e. The molecule has 0 amide bonds. The second-order valence-corrected chi connectivity index (χ2v) is 5.21. The highest BCUT2D eigenvalue weighted by Gasteiger charge is 2.22. The molecule has 1 N–H and O–H groups in total. The number of nitro groups is 1. The molecule has 3 rings (SSSR count). The van der Waals surface area contributed by atoms with Crippen LogP contribution in [0.2, 0.25) is 0 Å². The summed E-state index contributed by atoms with van der Waals surface area (Å²) in [5.74, 6) is -0.0143. The molecule has 0 aliphatic rings. The van der Waals surface area contributed by atoms with E-state index in [1.165, 1.54) is 22.9 Å². The topological polar surface area (TPSA) is 111 Å². The number of fused-ring (bicyclic) bond motifs is 1. The van der Waals surface area contributed by atoms with Gasteiger partial charge in [-0.2, -0.15) is 5.10 Å². The summed E-state index contributed by atoms with van der Waals surface area (Å²) in [6.07, 6.45) is 0. The Labute approximate surface area is 129 Å². The lowest BCUT2D eigenvalue weighted by molar-refractivity contribution is -0.386. The third kappa shape index (κ3) is 2.54. The molecule has 1 aromatic carbocycles. The SMILES string of the molecule is Cc1nn(Cc2cc(=O)oc3cc(O)ccc23)c(C)c1[N+](=O)[O-]. The lowest BCUT2D eigenvalue weighted by Gasteiger charge is -2.07. The van der Waals surface area contributed by atoms with Crippen molar-refractivity contribution in [2.24, 2.45) is 0 Å². The highest BCUT2D eigenvalue weighted by molar-refractivity contribution is 5.81. The van der Waals surface area contributed by atoms with Crippen LogP contribution in [0.25, 0.3) is 11.0 Å². The molecule has 23 heavy (non-hydrogen) atoms. The normalized spacial score (nSPS) is 11.0. The minimum Gasteiger partial charge on any atom is -0.508 e. The van der Waals surface area contributed by atoms with Gasteiger partial charge < -0.3 is 9.52 Å². The van der Waals surface area contributed by atoms with Gasteiger partial charge in [-0.25, -0.2) is 4.79 Å². The van der Waals surface area contributed by atoms with Crippen LogP contribution in [0.5, 0.6) is 5.75 Å². The second-order valence-electron chi connectivity index (χ2n) is 5.21. The molecule has 2 aromatic heterocycles. The molecule has 0 aliphatic carbocycles. The molecule has 0 saturated carbocycles. The molecule has 2 heterocycles. The fourth-order valence-electron chi connectivity index (χ4n) is 2.62. The molecular formula is C15H13N3O5. The minimum atomic E-state index is -0.561. The van der Waals surface area contributed by atoms with Crippen molar-refractivity contribution in [2.45, 2.75) is 20.4 Å². The molecule has 118 valence electrons. The Kier molecular flexibility index (Phi) is 3.36. The van der Waals surface area contributed by atoms with Crippen molar-refractivity contribution in [3.05, 3.63) is 61.8 Å². The van der Waals surface area contributed by atoms with Crippen LogP contribution in [0.4, 0.5) is 5.69 Å². The fraction of sp³-hybridized carbons (Fsp3) is 0.200. The van der Waals surface area contributed by atoms with Crippen LogP contribution in [-0.4, -0.2) is 19.8 Å². The van der Waals surface area contributed by atoms with Gasteiger partial charge in [0.1, 0.15) is 22.7 Å². The summed E-state index contributed by atoms with van der Waals surface area (Å²) in [6, 6.07) is 5.78. The predicted octanol–water partition coefficient (Wildman–Crippen LogP) is 2.27. The van der Waals surface area contributed by atoms with Crippen molar-refractivity contribution in [1.82, 2.24) is 9.78 Å². The number of benzene rings is 1. The van der Waals surface area contributed by atoms with E-state index in [2.05, 4.69) is 5.10 Å². The van der Waals surface area contributed by atoms with Gasteiger partial charge in [0.05, 0.1) is 11.5 Å². The maximum atomic E-state index is 11.7. The molecule has 0 fully saturated rings. The molecule has 3 aromatic rings. The quantitative estimate of drug-likeness (QED) is 0.451. The summed E-state index contributed by atoms with van der Waals surface area (Å²) in [7, 11) is 0. The molecule has 0 unspecified atom stereocenters. The standard InChI is InChI=1S/C15H13N3O5/c1-8-15(18(21)22)9(2)17(16-8)7-10-5-14(20)23-13-6-11(19)3-4-12(10)13/h3-6,19H,7H2,1-2H3. The van der Waals surface area contributed by atoms with Crippen molar-refractivity contribution in [2.75, 3.05) is 0 Å². The largest absolute Gasteiger partial charge is 0.508 e. The highest BCUT2D eigenvalue weighted by Crippen LogP contribution is 2.25. The average Bonchev–Trinajstić information content (AvgIpc) is 2.72. The first-order chi connectivity index (χ1) is 10.9. The lowest BCUT2D eigenvalue weighted by atomic mass is 10.1. The molecular weight excluding hydrogens is 302 g/mol. The molecule has 0 bridgehead atoms. The van der Waals surface area contributed by atoms with E-state index in [1.807, 2.05) is 0 Å². The van der Waals surface area contributed by atoms with Crippen molar-refractivity contribution in [3.8, 4) is 5.75 Å². The Morgan fingerprint density at radius 3 is 2.74 bits per heavy atom. The zero-order valence-electron chi connectivity index (χ0n) is 12.4. The van der Waals surface area contributed by atoms with E-state index in [9.17, 15) is 20.0 Å². The number of nitrogens with zero attached hydrogens (tertiary/aromatic N) is 3. The van der Waals surface area contributed by atoms with E-state index >= 15 is 0 Å². The number of aromatic hydroxyl groups is 1. The van der Waals surface area contributed by atoms with Crippen LogP contribution in [-0.2, 0) is 6.54 Å². The number of hydrogen-bond acceptors (Lipinski definition) is 6.